The molecule has 1 fully saturated rings. The average Bonchev–Trinajstić information content (AvgIpc) is 3.21. The number of aryl methyl sites for hydroxylation is 1. The second kappa shape index (κ2) is 8.22. The van der Waals surface area contributed by atoms with Crippen molar-refractivity contribution in [3.63, 3.8) is 0 Å². The van der Waals surface area contributed by atoms with Gasteiger partial charge in [0.2, 0.25) is 0 Å². The van der Waals surface area contributed by atoms with E-state index in [4.69, 9.17) is 4.74 Å². The summed E-state index contributed by atoms with van der Waals surface area (Å²) >= 11 is 1.13. The summed E-state index contributed by atoms with van der Waals surface area (Å²) in [6.45, 7) is 8.44. The standard InChI is InChI=1S/C20H27F2N3O4S/c1-10-6-12(10)25-17(27)16-11(2)13(7-23-8-15(26)29-20(3,4)5)30-18(16)24(19(25)28)9-14(21)22/h10,12,14,23H,6-9H2,1-5H3/t10-,12-/m0/s1. The Bertz CT molecular complexity index is 1080. The Hall–Kier alpha value is -2.07. The number of fused-ring (bicyclic) bond motifs is 1. The van der Waals surface area contributed by atoms with Gasteiger partial charge in [-0.1, -0.05) is 6.92 Å². The van der Waals surface area contributed by atoms with Crippen LogP contribution in [0.2, 0.25) is 0 Å². The zero-order chi connectivity index (χ0) is 22.4. The molecule has 1 aliphatic carbocycles. The quantitative estimate of drug-likeness (QED) is 0.666. The lowest BCUT2D eigenvalue weighted by Crippen LogP contribution is -2.40. The lowest BCUT2D eigenvalue weighted by Gasteiger charge is -2.19. The highest BCUT2D eigenvalue weighted by Crippen LogP contribution is 2.41. The molecule has 0 bridgehead atoms. The average molecular weight is 444 g/mol. The number of alkyl halides is 2. The fraction of sp³-hybridized carbons (Fsp3) is 0.650. The molecule has 2 heterocycles. The first-order chi connectivity index (χ1) is 13.9. The largest absolute Gasteiger partial charge is 0.459 e. The van der Waals surface area contributed by atoms with Gasteiger partial charge in [-0.3, -0.25) is 18.7 Å². The molecule has 1 saturated carbocycles. The van der Waals surface area contributed by atoms with Gasteiger partial charge in [-0.25, -0.2) is 13.6 Å². The van der Waals surface area contributed by atoms with Crippen LogP contribution in [0.4, 0.5) is 8.78 Å². The summed E-state index contributed by atoms with van der Waals surface area (Å²) < 4.78 is 33.8. The molecule has 0 amide bonds. The molecule has 1 N–H and O–H groups in total. The highest BCUT2D eigenvalue weighted by atomic mass is 32.1. The summed E-state index contributed by atoms with van der Waals surface area (Å²) in [6, 6.07) is -0.244. The Balaban J connectivity index is 1.96. The highest BCUT2D eigenvalue weighted by molar-refractivity contribution is 7.18. The molecule has 0 aromatic carbocycles. The number of nitrogens with one attached hydrogen (secondary N) is 1. The van der Waals surface area contributed by atoms with Crippen LogP contribution in [0.1, 0.15) is 50.6 Å². The molecule has 30 heavy (non-hydrogen) atoms. The van der Waals surface area contributed by atoms with Crippen molar-refractivity contribution in [1.82, 2.24) is 14.5 Å². The number of ether oxygens (including phenoxy) is 1. The summed E-state index contributed by atoms with van der Waals surface area (Å²) in [5.74, 6) is -0.247. The van der Waals surface area contributed by atoms with E-state index in [1.165, 1.54) is 0 Å². The lowest BCUT2D eigenvalue weighted by molar-refractivity contribution is -0.153. The first-order valence-corrected chi connectivity index (χ1v) is 10.7. The van der Waals surface area contributed by atoms with E-state index in [0.717, 1.165) is 25.3 Å². The number of hydrogen-bond acceptors (Lipinski definition) is 6. The van der Waals surface area contributed by atoms with Gasteiger partial charge in [-0.05, 0) is 45.6 Å². The fourth-order valence-corrected chi connectivity index (χ4v) is 4.76. The summed E-state index contributed by atoms with van der Waals surface area (Å²) in [6.07, 6.45) is -2.03. The van der Waals surface area contributed by atoms with Crippen LogP contribution in [0.15, 0.2) is 9.59 Å². The molecule has 0 saturated heterocycles. The lowest BCUT2D eigenvalue weighted by atomic mass is 10.2. The van der Waals surface area contributed by atoms with Gasteiger partial charge in [0.05, 0.1) is 18.5 Å². The predicted molar refractivity (Wildman–Crippen MR) is 111 cm³/mol. The Kier molecular flexibility index (Phi) is 6.20. The number of carbonyl (C=O) groups is 1. The Morgan fingerprint density at radius 2 is 1.97 bits per heavy atom. The first kappa shape index (κ1) is 22.6. The second-order valence-corrected chi connectivity index (χ2v) is 9.84. The van der Waals surface area contributed by atoms with Gasteiger partial charge < -0.3 is 10.1 Å². The molecule has 0 radical (unpaired) electrons. The molecule has 1 aliphatic rings. The number of aromatic nitrogens is 2. The van der Waals surface area contributed by atoms with Crippen molar-refractivity contribution in [3.05, 3.63) is 31.3 Å². The normalized spacial score (nSPS) is 18.9. The molecule has 166 valence electrons. The van der Waals surface area contributed by atoms with Crippen molar-refractivity contribution in [1.29, 1.82) is 0 Å². The summed E-state index contributed by atoms with van der Waals surface area (Å²) in [4.78, 5) is 38.7. The van der Waals surface area contributed by atoms with Gasteiger partial charge in [0.1, 0.15) is 10.4 Å². The Labute approximate surface area is 176 Å². The van der Waals surface area contributed by atoms with Crippen molar-refractivity contribution < 1.29 is 18.3 Å². The van der Waals surface area contributed by atoms with E-state index in [1.807, 2.05) is 6.92 Å². The van der Waals surface area contributed by atoms with Crippen LogP contribution in [0, 0.1) is 12.8 Å². The minimum Gasteiger partial charge on any atom is -0.459 e. The van der Waals surface area contributed by atoms with Gasteiger partial charge in [-0.15, -0.1) is 11.3 Å². The SMILES string of the molecule is Cc1c(CNCC(=O)OC(C)(C)C)sc2c1c(=O)n([C@H]1C[C@@H]1C)c(=O)n2CC(F)F. The second-order valence-electron chi connectivity index (χ2n) is 8.76. The van der Waals surface area contributed by atoms with Crippen LogP contribution < -0.4 is 16.6 Å². The molecule has 10 heteroatoms. The number of hydrogen-bond donors (Lipinski definition) is 1. The first-order valence-electron chi connectivity index (χ1n) is 9.88. The molecule has 7 nitrogen and oxygen atoms in total. The summed E-state index contributed by atoms with van der Waals surface area (Å²) in [5, 5.41) is 3.27. The number of carbonyl (C=O) groups excluding carboxylic acids is 1. The molecule has 3 rings (SSSR count). The monoisotopic (exact) mass is 443 g/mol. The third-order valence-corrected chi connectivity index (χ3v) is 6.35. The van der Waals surface area contributed by atoms with Crippen molar-refractivity contribution in [2.75, 3.05) is 6.54 Å². The van der Waals surface area contributed by atoms with Crippen LogP contribution in [-0.4, -0.2) is 33.7 Å². The van der Waals surface area contributed by atoms with E-state index < -0.39 is 35.8 Å². The number of thiophene rings is 1. The van der Waals surface area contributed by atoms with Gasteiger partial charge in [-0.2, -0.15) is 0 Å². The Morgan fingerprint density at radius 1 is 1.33 bits per heavy atom. The smallest absolute Gasteiger partial charge is 0.332 e. The third-order valence-electron chi connectivity index (χ3n) is 5.04. The minimum atomic E-state index is -2.72. The maximum Gasteiger partial charge on any atom is 0.332 e. The number of rotatable bonds is 7. The van der Waals surface area contributed by atoms with Crippen LogP contribution >= 0.6 is 11.3 Å². The van der Waals surface area contributed by atoms with Crippen molar-refractivity contribution in [2.24, 2.45) is 5.92 Å². The van der Waals surface area contributed by atoms with Gasteiger partial charge in [0.15, 0.2) is 0 Å². The zero-order valence-electron chi connectivity index (χ0n) is 17.8. The number of halogens is 2. The highest BCUT2D eigenvalue weighted by Gasteiger charge is 2.38. The maximum absolute atomic E-state index is 13.2. The molecular formula is C20H27F2N3O4S. The number of nitrogens with zero attached hydrogens (tertiary/aromatic N) is 2. The molecule has 0 aliphatic heterocycles. The predicted octanol–water partition coefficient (Wildman–Crippen LogP) is 2.81. The van der Waals surface area contributed by atoms with Gasteiger partial charge in [0, 0.05) is 17.5 Å². The topological polar surface area (TPSA) is 82.3 Å². The molecule has 0 spiro atoms. The summed E-state index contributed by atoms with van der Waals surface area (Å²) in [7, 11) is 0. The molecule has 0 unspecified atom stereocenters. The molecule has 2 atom stereocenters. The molecule has 2 aromatic heterocycles. The van der Waals surface area contributed by atoms with Gasteiger partial charge in [0.25, 0.3) is 12.0 Å². The van der Waals surface area contributed by atoms with Crippen LogP contribution in [0.25, 0.3) is 10.2 Å². The van der Waals surface area contributed by atoms with E-state index in [-0.39, 0.29) is 29.9 Å². The van der Waals surface area contributed by atoms with Crippen LogP contribution in [0.3, 0.4) is 0 Å². The Morgan fingerprint density at radius 3 is 2.50 bits per heavy atom. The van der Waals surface area contributed by atoms with E-state index in [0.29, 0.717) is 17.4 Å². The van der Waals surface area contributed by atoms with E-state index in [2.05, 4.69) is 5.32 Å². The van der Waals surface area contributed by atoms with E-state index in [9.17, 15) is 23.2 Å². The van der Waals surface area contributed by atoms with Gasteiger partial charge >= 0.3 is 11.7 Å². The van der Waals surface area contributed by atoms with E-state index >= 15 is 0 Å². The fourth-order valence-electron chi connectivity index (χ4n) is 3.49. The summed E-state index contributed by atoms with van der Waals surface area (Å²) in [5.41, 5.74) is -1.07. The zero-order valence-corrected chi connectivity index (χ0v) is 18.6. The molecule has 2 aromatic rings. The van der Waals surface area contributed by atoms with Crippen LogP contribution in [-0.2, 0) is 22.6 Å². The van der Waals surface area contributed by atoms with Crippen molar-refractivity contribution in [3.8, 4) is 0 Å². The third kappa shape index (κ3) is 4.64. The van der Waals surface area contributed by atoms with E-state index in [1.54, 1.807) is 27.7 Å². The number of esters is 1. The van der Waals surface area contributed by atoms with Crippen molar-refractivity contribution >= 4 is 27.5 Å². The molecular weight excluding hydrogens is 416 g/mol. The van der Waals surface area contributed by atoms with Crippen molar-refractivity contribution in [2.45, 2.75) is 72.2 Å². The maximum atomic E-state index is 13.2. The minimum absolute atomic E-state index is 0.0292. The van der Waals surface area contributed by atoms with Crippen LogP contribution in [0.5, 0.6) is 0 Å².